The number of carbonyl (C=O) groups is 1. The maximum absolute atomic E-state index is 12.3. The van der Waals surface area contributed by atoms with Crippen molar-refractivity contribution in [3.05, 3.63) is 40.4 Å². The molecule has 0 bridgehead atoms. The molecule has 7 heteroatoms. The lowest BCUT2D eigenvalue weighted by molar-refractivity contribution is -0.122. The molecule has 2 fully saturated rings. The number of carbonyl (C=O) groups excluding carboxylic acids is 1. The quantitative estimate of drug-likeness (QED) is 0.735. The number of amides is 1. The van der Waals surface area contributed by atoms with Gasteiger partial charge in [-0.3, -0.25) is 14.5 Å². The van der Waals surface area contributed by atoms with Crippen molar-refractivity contribution in [1.29, 1.82) is 0 Å². The van der Waals surface area contributed by atoms with Crippen LogP contribution in [0, 0.1) is 10.7 Å². The van der Waals surface area contributed by atoms with Gasteiger partial charge >= 0.3 is 0 Å². The van der Waals surface area contributed by atoms with Gasteiger partial charge in [-0.25, -0.2) is 0 Å². The molecule has 0 radical (unpaired) electrons. The molecule has 1 heterocycles. The summed E-state index contributed by atoms with van der Waals surface area (Å²) in [5.74, 6) is 1.25. The van der Waals surface area contributed by atoms with Crippen LogP contribution in [0.25, 0.3) is 0 Å². The van der Waals surface area contributed by atoms with E-state index in [-0.39, 0.29) is 23.5 Å². The highest BCUT2D eigenvalue weighted by atomic mass is 32.1. The summed E-state index contributed by atoms with van der Waals surface area (Å²) in [6.45, 7) is 0.395. The van der Waals surface area contributed by atoms with Crippen molar-refractivity contribution < 1.29 is 9.90 Å². The number of nitrogens with zero attached hydrogens (tertiary/aromatic N) is 2. The topological polar surface area (TPSA) is 82.9 Å². The molecule has 1 aromatic heterocycles. The van der Waals surface area contributed by atoms with Crippen molar-refractivity contribution in [3.63, 3.8) is 0 Å². The van der Waals surface area contributed by atoms with Gasteiger partial charge in [0.2, 0.25) is 5.91 Å². The van der Waals surface area contributed by atoms with Crippen LogP contribution in [-0.4, -0.2) is 25.8 Å². The molecule has 0 saturated heterocycles. The number of benzene rings is 1. The number of phenols is 1. The van der Waals surface area contributed by atoms with Crippen molar-refractivity contribution in [2.75, 3.05) is 0 Å². The van der Waals surface area contributed by atoms with Crippen LogP contribution in [0.3, 0.4) is 0 Å². The fourth-order valence-corrected chi connectivity index (χ4v) is 3.38. The summed E-state index contributed by atoms with van der Waals surface area (Å²) in [4.78, 5) is 12.3. The van der Waals surface area contributed by atoms with E-state index >= 15 is 0 Å². The molecule has 3 N–H and O–H groups in total. The number of H-pyrrole nitrogens is 1. The minimum absolute atomic E-state index is 0.0203. The Bertz CT molecular complexity index is 808. The van der Waals surface area contributed by atoms with Gasteiger partial charge in [-0.1, -0.05) is 12.1 Å². The van der Waals surface area contributed by atoms with E-state index < -0.39 is 0 Å². The summed E-state index contributed by atoms with van der Waals surface area (Å²) in [6, 6.07) is 7.58. The van der Waals surface area contributed by atoms with Crippen molar-refractivity contribution in [2.24, 2.45) is 5.92 Å². The lowest BCUT2D eigenvalue weighted by Gasteiger charge is -2.07. The Labute approximate surface area is 138 Å². The standard InChI is InChI=1S/C16H18N4O2S/c21-11-3-1-2-9(6-11)12-7-13(12)15(22)17-8-14-18-19-16(23)20(14)10-4-5-10/h1-3,6,10,12-13,21H,4-5,7-8H2,(H,17,22)(H,19,23)/t12-,13+/m1/s1. The average Bonchev–Trinajstić information content (AvgIpc) is 3.43. The minimum Gasteiger partial charge on any atom is -0.508 e. The first kappa shape index (κ1) is 14.4. The smallest absolute Gasteiger partial charge is 0.224 e. The van der Waals surface area contributed by atoms with E-state index in [1.165, 1.54) is 0 Å². The lowest BCUT2D eigenvalue weighted by atomic mass is 10.1. The highest BCUT2D eigenvalue weighted by Crippen LogP contribution is 2.48. The first-order chi connectivity index (χ1) is 11.1. The molecular weight excluding hydrogens is 312 g/mol. The summed E-state index contributed by atoms with van der Waals surface area (Å²) in [7, 11) is 0. The van der Waals surface area contributed by atoms with Crippen molar-refractivity contribution in [2.45, 2.75) is 37.8 Å². The van der Waals surface area contributed by atoms with Crippen LogP contribution in [-0.2, 0) is 11.3 Å². The molecule has 2 saturated carbocycles. The predicted molar refractivity (Wildman–Crippen MR) is 86.5 cm³/mol. The molecule has 0 aliphatic heterocycles. The first-order valence-corrected chi connectivity index (χ1v) is 8.26. The molecule has 4 rings (SSSR count). The van der Waals surface area contributed by atoms with E-state index in [9.17, 15) is 9.90 Å². The van der Waals surface area contributed by atoms with E-state index in [0.717, 1.165) is 30.7 Å². The number of aromatic nitrogens is 3. The Morgan fingerprint density at radius 2 is 2.30 bits per heavy atom. The Morgan fingerprint density at radius 1 is 1.48 bits per heavy atom. The zero-order valence-corrected chi connectivity index (χ0v) is 13.3. The van der Waals surface area contributed by atoms with Crippen molar-refractivity contribution in [1.82, 2.24) is 20.1 Å². The number of aromatic amines is 1. The summed E-state index contributed by atoms with van der Waals surface area (Å²) < 4.78 is 2.63. The highest BCUT2D eigenvalue weighted by molar-refractivity contribution is 7.71. The number of nitrogens with one attached hydrogen (secondary N) is 2. The van der Waals surface area contributed by atoms with Gasteiger partial charge in [0, 0.05) is 12.0 Å². The van der Waals surface area contributed by atoms with Gasteiger partial charge < -0.3 is 10.4 Å². The lowest BCUT2D eigenvalue weighted by Crippen LogP contribution is -2.26. The van der Waals surface area contributed by atoms with Gasteiger partial charge in [0.15, 0.2) is 10.6 Å². The van der Waals surface area contributed by atoms with Gasteiger partial charge in [0.1, 0.15) is 5.75 Å². The second kappa shape index (κ2) is 5.49. The molecule has 2 atom stereocenters. The summed E-state index contributed by atoms with van der Waals surface area (Å²) in [6.07, 6.45) is 3.07. The van der Waals surface area contributed by atoms with E-state index in [4.69, 9.17) is 12.2 Å². The van der Waals surface area contributed by atoms with Crippen LogP contribution >= 0.6 is 12.2 Å². The zero-order chi connectivity index (χ0) is 16.0. The molecule has 23 heavy (non-hydrogen) atoms. The molecule has 120 valence electrons. The fraction of sp³-hybridized carbons (Fsp3) is 0.438. The predicted octanol–water partition coefficient (Wildman–Crippen LogP) is 2.40. The van der Waals surface area contributed by atoms with Gasteiger partial charge in [-0.05, 0) is 55.1 Å². The molecule has 1 amide bonds. The average molecular weight is 330 g/mol. The second-order valence-electron chi connectivity index (χ2n) is 6.31. The van der Waals surface area contributed by atoms with E-state index in [1.807, 2.05) is 16.7 Å². The molecule has 2 aromatic rings. The van der Waals surface area contributed by atoms with Gasteiger partial charge in [0.25, 0.3) is 0 Å². The Hall–Kier alpha value is -2.15. The third-order valence-corrected chi connectivity index (χ3v) is 4.82. The van der Waals surface area contributed by atoms with Crippen LogP contribution in [0.2, 0.25) is 0 Å². The van der Waals surface area contributed by atoms with Crippen LogP contribution < -0.4 is 5.32 Å². The van der Waals surface area contributed by atoms with Crippen molar-refractivity contribution >= 4 is 18.1 Å². The Balaban J connectivity index is 1.37. The van der Waals surface area contributed by atoms with E-state index in [2.05, 4.69) is 15.5 Å². The van der Waals surface area contributed by atoms with Crippen LogP contribution in [0.1, 0.15) is 42.6 Å². The number of rotatable bonds is 5. The number of aromatic hydroxyl groups is 1. The number of phenolic OH excluding ortho intramolecular Hbond substituents is 1. The molecule has 0 spiro atoms. The molecule has 1 aromatic carbocycles. The summed E-state index contributed by atoms with van der Waals surface area (Å²) >= 11 is 5.24. The van der Waals surface area contributed by atoms with E-state index in [1.54, 1.807) is 12.1 Å². The number of hydrogen-bond donors (Lipinski definition) is 3. The van der Waals surface area contributed by atoms with Gasteiger partial charge in [-0.2, -0.15) is 5.10 Å². The summed E-state index contributed by atoms with van der Waals surface area (Å²) in [5, 5.41) is 19.5. The molecule has 2 aliphatic rings. The summed E-state index contributed by atoms with van der Waals surface area (Å²) in [5.41, 5.74) is 1.02. The highest BCUT2D eigenvalue weighted by Gasteiger charge is 2.44. The monoisotopic (exact) mass is 330 g/mol. The minimum atomic E-state index is -0.0203. The van der Waals surface area contributed by atoms with Crippen LogP contribution in [0.15, 0.2) is 24.3 Å². The van der Waals surface area contributed by atoms with E-state index in [0.29, 0.717) is 17.4 Å². The SMILES string of the molecule is O=C(NCc1n[nH]c(=S)n1C1CC1)[C@H]1C[C@@H]1c1cccc(O)c1. The molecule has 6 nitrogen and oxygen atoms in total. The molecule has 0 unspecified atom stereocenters. The normalized spacial score (nSPS) is 22.8. The largest absolute Gasteiger partial charge is 0.508 e. The molecular formula is C16H18N4O2S. The van der Waals surface area contributed by atoms with Gasteiger partial charge in [0.05, 0.1) is 6.54 Å². The fourth-order valence-electron chi connectivity index (χ4n) is 3.08. The second-order valence-corrected chi connectivity index (χ2v) is 6.69. The van der Waals surface area contributed by atoms with Gasteiger partial charge in [-0.15, -0.1) is 0 Å². The maximum Gasteiger partial charge on any atom is 0.224 e. The first-order valence-electron chi connectivity index (χ1n) is 7.86. The third-order valence-electron chi connectivity index (χ3n) is 4.54. The van der Waals surface area contributed by atoms with Crippen molar-refractivity contribution in [3.8, 4) is 5.75 Å². The third kappa shape index (κ3) is 2.88. The Morgan fingerprint density at radius 3 is 3.04 bits per heavy atom. The zero-order valence-electron chi connectivity index (χ0n) is 12.5. The van der Waals surface area contributed by atoms with Crippen LogP contribution in [0.4, 0.5) is 0 Å². The van der Waals surface area contributed by atoms with Crippen LogP contribution in [0.5, 0.6) is 5.75 Å². The number of hydrogen-bond acceptors (Lipinski definition) is 4. The Kier molecular flexibility index (Phi) is 3.45. The maximum atomic E-state index is 12.3. The molecule has 2 aliphatic carbocycles.